The van der Waals surface area contributed by atoms with Crippen LogP contribution in [0.4, 0.5) is 14.6 Å². The van der Waals surface area contributed by atoms with Gasteiger partial charge in [-0.05, 0) is 43.3 Å². The summed E-state index contributed by atoms with van der Waals surface area (Å²) in [7, 11) is 1.41. The highest BCUT2D eigenvalue weighted by Gasteiger charge is 2.57. The molecule has 2 heterocycles. The van der Waals surface area contributed by atoms with Gasteiger partial charge in [0.2, 0.25) is 0 Å². The fourth-order valence-electron chi connectivity index (χ4n) is 4.51. The minimum atomic E-state index is -2.88. The molecular formula is C18H23F2N3O2S. The van der Waals surface area contributed by atoms with Crippen LogP contribution < -0.4 is 4.90 Å². The lowest BCUT2D eigenvalue weighted by molar-refractivity contribution is -0.141. The van der Waals surface area contributed by atoms with Crippen molar-refractivity contribution < 1.29 is 18.3 Å². The highest BCUT2D eigenvalue weighted by Crippen LogP contribution is 2.55. The summed E-state index contributed by atoms with van der Waals surface area (Å²) in [5.74, 6) is -1.14. The molecule has 2 aliphatic carbocycles. The molecule has 5 nitrogen and oxygen atoms in total. The van der Waals surface area contributed by atoms with Gasteiger partial charge in [-0.3, -0.25) is 4.79 Å². The van der Waals surface area contributed by atoms with E-state index in [2.05, 4.69) is 14.9 Å². The number of thioether (sulfide) groups is 1. The van der Waals surface area contributed by atoms with Crippen LogP contribution in [0.5, 0.6) is 0 Å². The maximum atomic E-state index is 14.6. The van der Waals surface area contributed by atoms with E-state index in [0.717, 1.165) is 19.5 Å². The zero-order valence-electron chi connectivity index (χ0n) is 15.0. The topological polar surface area (TPSA) is 55.3 Å². The van der Waals surface area contributed by atoms with Gasteiger partial charge in [0.15, 0.2) is 5.16 Å². The molecule has 2 unspecified atom stereocenters. The molecule has 3 aliphatic rings. The molecule has 0 radical (unpaired) electrons. The summed E-state index contributed by atoms with van der Waals surface area (Å²) in [4.78, 5) is 22.4. The van der Waals surface area contributed by atoms with Crippen molar-refractivity contribution in [1.82, 2.24) is 9.97 Å². The Morgan fingerprint density at radius 1 is 1.31 bits per heavy atom. The summed E-state index contributed by atoms with van der Waals surface area (Å²) in [6, 6.07) is 0. The van der Waals surface area contributed by atoms with E-state index in [1.807, 2.05) is 6.26 Å². The fourth-order valence-corrected chi connectivity index (χ4v) is 4.87. The average Bonchev–Trinajstić information content (AvgIpc) is 3.11. The second kappa shape index (κ2) is 6.62. The molecular weight excluding hydrogens is 360 g/mol. The van der Waals surface area contributed by atoms with Crippen LogP contribution in [0.2, 0.25) is 0 Å². The second-order valence-electron chi connectivity index (χ2n) is 7.45. The number of rotatable bonds is 4. The first kappa shape index (κ1) is 17.9. The predicted octanol–water partition coefficient (Wildman–Crippen LogP) is 3.26. The molecule has 1 aromatic rings. The molecule has 1 aliphatic heterocycles. The summed E-state index contributed by atoms with van der Waals surface area (Å²) in [6.07, 6.45) is 3.97. The molecule has 142 valence electrons. The zero-order chi connectivity index (χ0) is 18.5. The molecule has 26 heavy (non-hydrogen) atoms. The summed E-state index contributed by atoms with van der Waals surface area (Å²) >= 11 is 1.30. The Kier molecular flexibility index (Phi) is 4.57. The van der Waals surface area contributed by atoms with Crippen molar-refractivity contribution in [2.75, 3.05) is 31.4 Å². The fraction of sp³-hybridized carbons (Fsp3) is 0.722. The normalized spacial score (nSPS) is 28.9. The Hall–Kier alpha value is -1.44. The Morgan fingerprint density at radius 3 is 2.69 bits per heavy atom. The Balaban J connectivity index is 1.60. The molecule has 0 spiro atoms. The highest BCUT2D eigenvalue weighted by atomic mass is 32.2. The third-order valence-corrected chi connectivity index (χ3v) is 6.51. The quantitative estimate of drug-likeness (QED) is 0.344. The molecule has 1 saturated carbocycles. The van der Waals surface area contributed by atoms with Gasteiger partial charge in [0.25, 0.3) is 5.92 Å². The maximum Gasteiger partial charge on any atom is 0.305 e. The minimum absolute atomic E-state index is 0.0731. The molecule has 3 atom stereocenters. The number of esters is 1. The van der Waals surface area contributed by atoms with Gasteiger partial charge >= 0.3 is 5.97 Å². The summed E-state index contributed by atoms with van der Waals surface area (Å²) in [5, 5.41) is 0.409. The molecule has 0 bridgehead atoms. The van der Waals surface area contributed by atoms with Crippen LogP contribution >= 0.6 is 11.8 Å². The number of carbonyl (C=O) groups excluding carboxylic acids is 1. The number of methoxy groups -OCH3 is 1. The average molecular weight is 383 g/mol. The van der Waals surface area contributed by atoms with E-state index >= 15 is 0 Å². The van der Waals surface area contributed by atoms with Crippen molar-refractivity contribution in [1.29, 1.82) is 0 Å². The van der Waals surface area contributed by atoms with E-state index in [1.165, 1.54) is 18.9 Å². The van der Waals surface area contributed by atoms with Gasteiger partial charge in [0.05, 0.1) is 7.11 Å². The van der Waals surface area contributed by atoms with Gasteiger partial charge in [0.1, 0.15) is 11.5 Å². The van der Waals surface area contributed by atoms with Crippen LogP contribution in [0.1, 0.15) is 36.9 Å². The first-order valence-electron chi connectivity index (χ1n) is 9.09. The minimum Gasteiger partial charge on any atom is -0.469 e. The number of piperidine rings is 1. The molecule has 2 fully saturated rings. The van der Waals surface area contributed by atoms with E-state index in [4.69, 9.17) is 4.74 Å². The molecule has 0 aromatic carbocycles. The SMILES string of the molecule is COC(=O)CC1C2CN(c3nc(SC)nc4c3CCCCC4(F)F)C[C@H]12. The van der Waals surface area contributed by atoms with Crippen LogP contribution in [-0.2, 0) is 21.9 Å². The van der Waals surface area contributed by atoms with Gasteiger partial charge < -0.3 is 9.64 Å². The van der Waals surface area contributed by atoms with E-state index in [9.17, 15) is 13.6 Å². The Bertz CT molecular complexity index is 719. The third-order valence-electron chi connectivity index (χ3n) is 5.96. The van der Waals surface area contributed by atoms with Crippen molar-refractivity contribution in [3.8, 4) is 0 Å². The lowest BCUT2D eigenvalue weighted by Gasteiger charge is -2.26. The van der Waals surface area contributed by atoms with Crippen molar-refractivity contribution in [2.45, 2.75) is 43.2 Å². The number of halogens is 2. The van der Waals surface area contributed by atoms with Crippen LogP contribution in [-0.4, -0.2) is 42.4 Å². The molecule has 1 saturated heterocycles. The number of hydrogen-bond donors (Lipinski definition) is 0. The van der Waals surface area contributed by atoms with E-state index in [1.54, 1.807) is 0 Å². The smallest absolute Gasteiger partial charge is 0.305 e. The second-order valence-corrected chi connectivity index (χ2v) is 8.22. The first-order valence-corrected chi connectivity index (χ1v) is 10.3. The van der Waals surface area contributed by atoms with Crippen LogP contribution in [0.15, 0.2) is 5.16 Å². The van der Waals surface area contributed by atoms with Crippen LogP contribution in [0.3, 0.4) is 0 Å². The number of anilines is 1. The lowest BCUT2D eigenvalue weighted by atomic mass is 10.1. The van der Waals surface area contributed by atoms with E-state index < -0.39 is 5.92 Å². The monoisotopic (exact) mass is 383 g/mol. The van der Waals surface area contributed by atoms with Gasteiger partial charge in [-0.1, -0.05) is 11.8 Å². The summed E-state index contributed by atoms with van der Waals surface area (Å²) in [5.41, 5.74) is 0.548. The standard InChI is InChI=1S/C18H23F2N3O2S/c1-25-14(24)7-11-12-8-23(9-13(11)12)16-10-5-3-4-6-18(19,20)15(10)21-17(22-16)26-2/h11-13H,3-9H2,1-2H3/t11?,12-,13?/m1/s1. The number of alkyl halides is 2. The number of fused-ring (bicyclic) bond motifs is 2. The number of carbonyl (C=O) groups is 1. The van der Waals surface area contributed by atoms with Gasteiger partial charge in [-0.15, -0.1) is 0 Å². The Morgan fingerprint density at radius 2 is 2.04 bits per heavy atom. The number of aromatic nitrogens is 2. The van der Waals surface area contributed by atoms with E-state index in [0.29, 0.717) is 53.6 Å². The van der Waals surface area contributed by atoms with Gasteiger partial charge in [0, 0.05) is 31.5 Å². The molecule has 4 rings (SSSR count). The third kappa shape index (κ3) is 3.06. The number of ether oxygens (including phenoxy) is 1. The van der Waals surface area contributed by atoms with Crippen molar-refractivity contribution in [3.05, 3.63) is 11.3 Å². The van der Waals surface area contributed by atoms with E-state index in [-0.39, 0.29) is 18.1 Å². The highest BCUT2D eigenvalue weighted by molar-refractivity contribution is 7.98. The zero-order valence-corrected chi connectivity index (χ0v) is 15.8. The maximum absolute atomic E-state index is 14.6. The van der Waals surface area contributed by atoms with Gasteiger partial charge in [-0.25, -0.2) is 9.97 Å². The van der Waals surface area contributed by atoms with Crippen LogP contribution in [0.25, 0.3) is 0 Å². The predicted molar refractivity (Wildman–Crippen MR) is 94.6 cm³/mol. The van der Waals surface area contributed by atoms with Crippen molar-refractivity contribution in [3.63, 3.8) is 0 Å². The molecule has 8 heteroatoms. The molecule has 0 N–H and O–H groups in total. The number of hydrogen-bond acceptors (Lipinski definition) is 6. The summed E-state index contributed by atoms with van der Waals surface area (Å²) in [6.45, 7) is 1.55. The summed E-state index contributed by atoms with van der Waals surface area (Å²) < 4.78 is 34.0. The lowest BCUT2D eigenvalue weighted by Crippen LogP contribution is -2.29. The van der Waals surface area contributed by atoms with Crippen molar-refractivity contribution in [2.24, 2.45) is 17.8 Å². The largest absolute Gasteiger partial charge is 0.469 e. The van der Waals surface area contributed by atoms with Crippen LogP contribution in [0, 0.1) is 17.8 Å². The molecule has 1 aromatic heterocycles. The molecule has 0 amide bonds. The Labute approximate surface area is 155 Å². The first-order chi connectivity index (χ1) is 12.4. The van der Waals surface area contributed by atoms with Gasteiger partial charge in [-0.2, -0.15) is 8.78 Å². The number of nitrogens with zero attached hydrogens (tertiary/aromatic N) is 3. The van der Waals surface area contributed by atoms with Crippen molar-refractivity contribution >= 4 is 23.5 Å².